The van der Waals surface area contributed by atoms with Crippen molar-refractivity contribution in [3.05, 3.63) is 71.8 Å². The van der Waals surface area contributed by atoms with Gasteiger partial charge in [0.2, 0.25) is 0 Å². The molecule has 0 aromatic heterocycles. The van der Waals surface area contributed by atoms with E-state index in [1.807, 2.05) is 0 Å². The summed E-state index contributed by atoms with van der Waals surface area (Å²) in [5, 5.41) is 3.50. The van der Waals surface area contributed by atoms with Crippen LogP contribution in [0.5, 0.6) is 0 Å². The lowest BCUT2D eigenvalue weighted by Gasteiger charge is -1.97. The van der Waals surface area contributed by atoms with E-state index >= 15 is 0 Å². The van der Waals surface area contributed by atoms with Gasteiger partial charge in [-0.3, -0.25) is 5.32 Å². The average molecular weight is 195 g/mol. The van der Waals surface area contributed by atoms with Crippen LogP contribution in [0, 0.1) is 0 Å². The maximum atomic E-state index is 3.50. The van der Waals surface area contributed by atoms with Gasteiger partial charge in [-0.05, 0) is 11.1 Å². The highest BCUT2D eigenvalue weighted by Gasteiger charge is 2.38. The summed E-state index contributed by atoms with van der Waals surface area (Å²) in [6, 6.07) is 22.2. The Morgan fingerprint density at radius 2 is 1.00 bits per heavy atom. The molecule has 1 aliphatic heterocycles. The molecule has 1 fully saturated rings. The number of benzene rings is 2. The Bertz CT molecular complexity index is 392. The first-order valence-electron chi connectivity index (χ1n) is 5.31. The van der Waals surface area contributed by atoms with E-state index < -0.39 is 0 Å². The van der Waals surface area contributed by atoms with Gasteiger partial charge in [0.1, 0.15) is 0 Å². The Balaban J connectivity index is 1.81. The lowest BCUT2D eigenvalue weighted by molar-refractivity contribution is 1.03. The molecule has 2 aromatic carbocycles. The van der Waals surface area contributed by atoms with E-state index in [0.29, 0.717) is 12.1 Å². The van der Waals surface area contributed by atoms with Crippen LogP contribution >= 0.6 is 0 Å². The third-order valence-corrected chi connectivity index (χ3v) is 2.90. The monoisotopic (exact) mass is 195 g/mol. The molecule has 0 saturated carbocycles. The molecule has 0 bridgehead atoms. The average Bonchev–Trinajstić information content (AvgIpc) is 3.11. The summed E-state index contributed by atoms with van der Waals surface area (Å²) in [5.74, 6) is 0. The van der Waals surface area contributed by atoms with Crippen molar-refractivity contribution < 1.29 is 0 Å². The van der Waals surface area contributed by atoms with Gasteiger partial charge < -0.3 is 0 Å². The minimum atomic E-state index is 0.508. The van der Waals surface area contributed by atoms with Gasteiger partial charge in [-0.2, -0.15) is 0 Å². The molecule has 2 atom stereocenters. The van der Waals surface area contributed by atoms with Crippen molar-refractivity contribution in [1.29, 1.82) is 0 Å². The van der Waals surface area contributed by atoms with Crippen molar-refractivity contribution in [3.63, 3.8) is 0 Å². The second-order valence-corrected chi connectivity index (χ2v) is 3.94. The fraction of sp³-hybridized carbons (Fsp3) is 0.143. The van der Waals surface area contributed by atoms with Crippen LogP contribution in [0.2, 0.25) is 0 Å². The first kappa shape index (κ1) is 8.69. The minimum absolute atomic E-state index is 0.508. The van der Waals surface area contributed by atoms with Crippen molar-refractivity contribution in [3.8, 4) is 0 Å². The fourth-order valence-electron chi connectivity index (χ4n) is 2.04. The summed E-state index contributed by atoms with van der Waals surface area (Å²) in [4.78, 5) is 0. The molecule has 0 spiro atoms. The Kier molecular flexibility index (Phi) is 2.04. The van der Waals surface area contributed by atoms with Crippen LogP contribution in [0.1, 0.15) is 23.2 Å². The molecule has 74 valence electrons. The van der Waals surface area contributed by atoms with Gasteiger partial charge in [-0.1, -0.05) is 60.7 Å². The molecule has 1 heteroatoms. The molecule has 2 aromatic rings. The van der Waals surface area contributed by atoms with E-state index in [-0.39, 0.29) is 0 Å². The van der Waals surface area contributed by atoms with Crippen molar-refractivity contribution in [1.82, 2.24) is 5.32 Å². The molecular formula is C14H13N. The zero-order valence-electron chi connectivity index (χ0n) is 8.43. The van der Waals surface area contributed by atoms with E-state index in [4.69, 9.17) is 0 Å². The molecule has 1 nitrogen and oxygen atoms in total. The Morgan fingerprint density at radius 3 is 1.40 bits per heavy atom. The van der Waals surface area contributed by atoms with Gasteiger partial charge in [-0.25, -0.2) is 0 Å². The quantitative estimate of drug-likeness (QED) is 0.731. The molecule has 0 aliphatic carbocycles. The Morgan fingerprint density at radius 1 is 0.600 bits per heavy atom. The maximum absolute atomic E-state index is 3.50. The molecule has 0 radical (unpaired) electrons. The highest BCUT2D eigenvalue weighted by Crippen LogP contribution is 2.41. The predicted octanol–water partition coefficient (Wildman–Crippen LogP) is 3.07. The third-order valence-electron chi connectivity index (χ3n) is 2.90. The standard InChI is InChI=1S/C14H13N/c1-3-7-11(8-4-1)13-14(15-13)12-9-5-2-6-10-12/h1-10,13-15H/t13-,14-/m1/s1. The van der Waals surface area contributed by atoms with Gasteiger partial charge in [0.25, 0.3) is 0 Å². The second-order valence-electron chi connectivity index (χ2n) is 3.94. The summed E-state index contributed by atoms with van der Waals surface area (Å²) >= 11 is 0. The SMILES string of the molecule is c1ccc([C@H]2N[C@@H]2c2ccccc2)cc1. The molecule has 1 N–H and O–H groups in total. The van der Waals surface area contributed by atoms with Gasteiger partial charge in [0.05, 0.1) is 12.1 Å². The highest BCUT2D eigenvalue weighted by molar-refractivity contribution is 5.33. The zero-order chi connectivity index (χ0) is 10.1. The highest BCUT2D eigenvalue weighted by atomic mass is 15.1. The summed E-state index contributed by atoms with van der Waals surface area (Å²) in [5.41, 5.74) is 2.76. The van der Waals surface area contributed by atoms with Crippen LogP contribution in [0.15, 0.2) is 60.7 Å². The van der Waals surface area contributed by atoms with Crippen LogP contribution < -0.4 is 5.32 Å². The van der Waals surface area contributed by atoms with E-state index in [1.165, 1.54) is 11.1 Å². The molecular weight excluding hydrogens is 182 g/mol. The van der Waals surface area contributed by atoms with Crippen molar-refractivity contribution in [2.75, 3.05) is 0 Å². The molecule has 3 rings (SSSR count). The lowest BCUT2D eigenvalue weighted by atomic mass is 10.0. The second kappa shape index (κ2) is 3.52. The van der Waals surface area contributed by atoms with Crippen LogP contribution in [0.4, 0.5) is 0 Å². The molecule has 0 unspecified atom stereocenters. The van der Waals surface area contributed by atoms with Gasteiger partial charge in [0, 0.05) is 0 Å². The Hall–Kier alpha value is -1.60. The summed E-state index contributed by atoms with van der Waals surface area (Å²) in [7, 11) is 0. The lowest BCUT2D eigenvalue weighted by Crippen LogP contribution is -1.82. The number of rotatable bonds is 2. The van der Waals surface area contributed by atoms with E-state index in [2.05, 4.69) is 66.0 Å². The largest absolute Gasteiger partial charge is 0.300 e. The van der Waals surface area contributed by atoms with Crippen molar-refractivity contribution >= 4 is 0 Å². The van der Waals surface area contributed by atoms with E-state index in [0.717, 1.165) is 0 Å². The summed E-state index contributed by atoms with van der Waals surface area (Å²) < 4.78 is 0. The third kappa shape index (κ3) is 1.66. The fourth-order valence-corrected chi connectivity index (χ4v) is 2.04. The summed E-state index contributed by atoms with van der Waals surface area (Å²) in [6.07, 6.45) is 0. The number of hydrogen-bond acceptors (Lipinski definition) is 1. The van der Waals surface area contributed by atoms with Gasteiger partial charge in [-0.15, -0.1) is 0 Å². The van der Waals surface area contributed by atoms with Crippen LogP contribution in [0.25, 0.3) is 0 Å². The summed E-state index contributed by atoms with van der Waals surface area (Å²) in [6.45, 7) is 0. The van der Waals surface area contributed by atoms with E-state index in [9.17, 15) is 0 Å². The number of hydrogen-bond donors (Lipinski definition) is 1. The molecule has 1 heterocycles. The normalized spacial score (nSPS) is 23.7. The molecule has 0 amide bonds. The van der Waals surface area contributed by atoms with Crippen LogP contribution in [-0.4, -0.2) is 0 Å². The molecule has 1 saturated heterocycles. The maximum Gasteiger partial charge on any atom is 0.0523 e. The van der Waals surface area contributed by atoms with Gasteiger partial charge >= 0.3 is 0 Å². The Labute approximate surface area is 89.8 Å². The van der Waals surface area contributed by atoms with Crippen molar-refractivity contribution in [2.24, 2.45) is 0 Å². The predicted molar refractivity (Wildman–Crippen MR) is 61.5 cm³/mol. The van der Waals surface area contributed by atoms with Crippen LogP contribution in [-0.2, 0) is 0 Å². The van der Waals surface area contributed by atoms with Gasteiger partial charge in [0.15, 0.2) is 0 Å². The smallest absolute Gasteiger partial charge is 0.0523 e. The first-order valence-corrected chi connectivity index (χ1v) is 5.31. The zero-order valence-corrected chi connectivity index (χ0v) is 8.43. The van der Waals surface area contributed by atoms with Crippen LogP contribution in [0.3, 0.4) is 0 Å². The number of nitrogens with one attached hydrogen (secondary N) is 1. The first-order chi connectivity index (χ1) is 7.45. The van der Waals surface area contributed by atoms with E-state index in [1.54, 1.807) is 0 Å². The molecule has 1 aliphatic rings. The van der Waals surface area contributed by atoms with Crippen molar-refractivity contribution in [2.45, 2.75) is 12.1 Å². The topological polar surface area (TPSA) is 21.9 Å². The molecule has 15 heavy (non-hydrogen) atoms. The minimum Gasteiger partial charge on any atom is -0.300 e.